The molecule has 3 aromatic carbocycles. The molecule has 32 heavy (non-hydrogen) atoms. The van der Waals surface area contributed by atoms with E-state index in [1.54, 1.807) is 6.07 Å². The lowest BCUT2D eigenvalue weighted by molar-refractivity contribution is 0.563. The zero-order chi connectivity index (χ0) is 22.9. The van der Waals surface area contributed by atoms with Gasteiger partial charge in [0, 0.05) is 43.6 Å². The van der Waals surface area contributed by atoms with E-state index in [2.05, 4.69) is 33.9 Å². The van der Waals surface area contributed by atoms with Gasteiger partial charge in [-0.1, -0.05) is 53.5 Å². The Kier molecular flexibility index (Phi) is 6.67. The van der Waals surface area contributed by atoms with Crippen molar-refractivity contribution in [3.05, 3.63) is 87.9 Å². The Bertz CT molecular complexity index is 1210. The van der Waals surface area contributed by atoms with Gasteiger partial charge in [-0.15, -0.1) is 0 Å². The van der Waals surface area contributed by atoms with E-state index < -0.39 is 10.0 Å². The van der Waals surface area contributed by atoms with E-state index in [1.165, 1.54) is 17.7 Å². The first kappa shape index (κ1) is 22.9. The number of fused-ring (bicyclic) bond motifs is 1. The zero-order valence-corrected chi connectivity index (χ0v) is 20.3. The summed E-state index contributed by atoms with van der Waals surface area (Å²) in [6.45, 7) is 1.01. The van der Waals surface area contributed by atoms with Crippen molar-refractivity contribution in [1.29, 1.82) is 0 Å². The van der Waals surface area contributed by atoms with Crippen molar-refractivity contribution < 1.29 is 8.42 Å². The number of rotatable bonds is 7. The number of nitrogens with zero attached hydrogens (tertiary/aromatic N) is 2. The molecule has 0 spiro atoms. The monoisotopic (exact) mass is 489 g/mol. The maximum atomic E-state index is 13.1. The van der Waals surface area contributed by atoms with Crippen LogP contribution in [0.4, 0.5) is 11.4 Å². The standard InChI is InChI=1S/C24H25Cl2N3O2S/c1-28(2)20-10-7-18(8-11-20)23(29-14-13-17-5-3-4-6-22(17)29)16-27-32(30,31)24-15-19(25)9-12-21(24)26/h3-12,15,23,27H,13-14,16H2,1-2H3. The average molecular weight is 490 g/mol. The van der Waals surface area contributed by atoms with Crippen molar-refractivity contribution in [3.63, 3.8) is 0 Å². The van der Waals surface area contributed by atoms with Crippen molar-refractivity contribution in [2.75, 3.05) is 37.0 Å². The minimum absolute atomic E-state index is 0.0183. The molecule has 0 bridgehead atoms. The van der Waals surface area contributed by atoms with Gasteiger partial charge in [-0.3, -0.25) is 0 Å². The largest absolute Gasteiger partial charge is 0.378 e. The summed E-state index contributed by atoms with van der Waals surface area (Å²) < 4.78 is 28.9. The number of halogens is 2. The Hall–Kier alpha value is -2.25. The molecule has 0 saturated heterocycles. The van der Waals surface area contributed by atoms with E-state index >= 15 is 0 Å². The van der Waals surface area contributed by atoms with E-state index in [0.717, 1.165) is 29.9 Å². The molecule has 1 unspecified atom stereocenters. The Morgan fingerprint density at radius 1 is 1.03 bits per heavy atom. The molecule has 8 heteroatoms. The molecule has 0 aromatic heterocycles. The van der Waals surface area contributed by atoms with Crippen LogP contribution in [0.2, 0.25) is 10.0 Å². The highest BCUT2D eigenvalue weighted by molar-refractivity contribution is 7.89. The summed E-state index contributed by atoms with van der Waals surface area (Å²) in [6, 6.07) is 20.7. The van der Waals surface area contributed by atoms with Gasteiger partial charge in [0.05, 0.1) is 11.1 Å². The van der Waals surface area contributed by atoms with Crippen molar-refractivity contribution in [2.24, 2.45) is 0 Å². The topological polar surface area (TPSA) is 52.7 Å². The number of sulfonamides is 1. The fourth-order valence-electron chi connectivity index (χ4n) is 4.04. The van der Waals surface area contributed by atoms with Crippen LogP contribution in [0.3, 0.4) is 0 Å². The SMILES string of the molecule is CN(C)c1ccc(C(CNS(=O)(=O)c2cc(Cl)ccc2Cl)N2CCc3ccccc32)cc1. The van der Waals surface area contributed by atoms with E-state index in [0.29, 0.717) is 5.02 Å². The molecular formula is C24H25Cl2N3O2S. The molecule has 0 saturated carbocycles. The smallest absolute Gasteiger partial charge is 0.242 e. The van der Waals surface area contributed by atoms with Crippen LogP contribution >= 0.6 is 23.2 Å². The molecule has 1 atom stereocenters. The van der Waals surface area contributed by atoms with E-state index in [9.17, 15) is 8.42 Å². The Morgan fingerprint density at radius 3 is 2.47 bits per heavy atom. The van der Waals surface area contributed by atoms with Gasteiger partial charge in [-0.2, -0.15) is 0 Å². The summed E-state index contributed by atoms with van der Waals surface area (Å²) in [4.78, 5) is 4.28. The third-order valence-electron chi connectivity index (χ3n) is 5.74. The van der Waals surface area contributed by atoms with Gasteiger partial charge in [0.1, 0.15) is 4.90 Å². The summed E-state index contributed by atoms with van der Waals surface area (Å²) in [5.41, 5.74) is 4.52. The van der Waals surface area contributed by atoms with Crippen LogP contribution in [-0.4, -0.2) is 35.6 Å². The molecule has 1 aliphatic rings. The third-order valence-corrected chi connectivity index (χ3v) is 7.88. The van der Waals surface area contributed by atoms with Gasteiger partial charge >= 0.3 is 0 Å². The average Bonchev–Trinajstić information content (AvgIpc) is 3.20. The molecule has 3 aromatic rings. The van der Waals surface area contributed by atoms with Crippen LogP contribution in [0.1, 0.15) is 17.2 Å². The predicted molar refractivity (Wildman–Crippen MR) is 133 cm³/mol. The second-order valence-electron chi connectivity index (χ2n) is 8.00. The molecule has 4 rings (SSSR count). The first-order valence-electron chi connectivity index (χ1n) is 10.3. The molecule has 0 amide bonds. The lowest BCUT2D eigenvalue weighted by atomic mass is 10.0. The van der Waals surface area contributed by atoms with Crippen molar-refractivity contribution >= 4 is 44.6 Å². The van der Waals surface area contributed by atoms with Gasteiger partial charge in [0.2, 0.25) is 10.0 Å². The Balaban J connectivity index is 1.66. The number of hydrogen-bond donors (Lipinski definition) is 1. The van der Waals surface area contributed by atoms with Crippen molar-refractivity contribution in [2.45, 2.75) is 17.4 Å². The summed E-state index contributed by atoms with van der Waals surface area (Å²) in [7, 11) is 0.138. The minimum Gasteiger partial charge on any atom is -0.378 e. The van der Waals surface area contributed by atoms with Crippen molar-refractivity contribution in [3.8, 4) is 0 Å². The first-order chi connectivity index (χ1) is 15.3. The molecule has 5 nitrogen and oxygen atoms in total. The van der Waals surface area contributed by atoms with Crippen LogP contribution in [-0.2, 0) is 16.4 Å². The highest BCUT2D eigenvalue weighted by Gasteiger charge is 2.29. The molecule has 1 aliphatic heterocycles. The highest BCUT2D eigenvalue weighted by Crippen LogP contribution is 2.35. The number of benzene rings is 3. The highest BCUT2D eigenvalue weighted by atomic mass is 35.5. The normalized spacial score (nSPS) is 14.3. The Labute approximate surface area is 199 Å². The summed E-state index contributed by atoms with van der Waals surface area (Å²) >= 11 is 12.2. The molecule has 1 heterocycles. The lowest BCUT2D eigenvalue weighted by Gasteiger charge is -2.31. The van der Waals surface area contributed by atoms with Crippen LogP contribution < -0.4 is 14.5 Å². The van der Waals surface area contributed by atoms with Crippen molar-refractivity contribution in [1.82, 2.24) is 4.72 Å². The number of hydrogen-bond acceptors (Lipinski definition) is 4. The summed E-state index contributed by atoms with van der Waals surface area (Å²) in [6.07, 6.45) is 0.926. The molecule has 0 aliphatic carbocycles. The summed E-state index contributed by atoms with van der Waals surface area (Å²) in [5, 5.41) is 0.458. The molecule has 0 radical (unpaired) electrons. The minimum atomic E-state index is -3.85. The van der Waals surface area contributed by atoms with E-state index in [1.807, 2.05) is 43.3 Å². The first-order valence-corrected chi connectivity index (χ1v) is 12.6. The summed E-state index contributed by atoms with van der Waals surface area (Å²) in [5.74, 6) is 0. The predicted octanol–water partition coefficient (Wildman–Crippen LogP) is 5.14. The second-order valence-corrected chi connectivity index (χ2v) is 10.6. The number of nitrogens with one attached hydrogen (secondary N) is 1. The van der Waals surface area contributed by atoms with Gasteiger partial charge in [0.25, 0.3) is 0 Å². The van der Waals surface area contributed by atoms with Gasteiger partial charge < -0.3 is 9.80 Å². The quantitative estimate of drug-likeness (QED) is 0.498. The fourth-order valence-corrected chi connectivity index (χ4v) is 5.84. The van der Waals surface area contributed by atoms with E-state index in [4.69, 9.17) is 23.2 Å². The van der Waals surface area contributed by atoms with Gasteiger partial charge in [-0.25, -0.2) is 13.1 Å². The van der Waals surface area contributed by atoms with Crippen LogP contribution in [0.5, 0.6) is 0 Å². The fraction of sp³-hybridized carbons (Fsp3) is 0.250. The second kappa shape index (κ2) is 9.32. The third kappa shape index (κ3) is 4.74. The number of para-hydroxylation sites is 1. The lowest BCUT2D eigenvalue weighted by Crippen LogP contribution is -2.37. The number of anilines is 2. The Morgan fingerprint density at radius 2 is 1.75 bits per heavy atom. The van der Waals surface area contributed by atoms with Gasteiger partial charge in [-0.05, 0) is 53.9 Å². The van der Waals surface area contributed by atoms with Crippen LogP contribution in [0.25, 0.3) is 0 Å². The van der Waals surface area contributed by atoms with Gasteiger partial charge in [0.15, 0.2) is 0 Å². The zero-order valence-electron chi connectivity index (χ0n) is 17.9. The molecule has 168 valence electrons. The molecule has 0 fully saturated rings. The molecule has 1 N–H and O–H groups in total. The van der Waals surface area contributed by atoms with Crippen LogP contribution in [0.15, 0.2) is 71.6 Å². The van der Waals surface area contributed by atoms with Crippen LogP contribution in [0, 0.1) is 0 Å². The molecular weight excluding hydrogens is 465 g/mol. The maximum absolute atomic E-state index is 13.1. The van der Waals surface area contributed by atoms with E-state index in [-0.39, 0.29) is 22.5 Å². The maximum Gasteiger partial charge on any atom is 0.242 e.